The van der Waals surface area contributed by atoms with Gasteiger partial charge in [-0.2, -0.15) is 0 Å². The van der Waals surface area contributed by atoms with Crippen LogP contribution in [0.25, 0.3) is 0 Å². The Kier molecular flexibility index (Phi) is 2.27. The van der Waals surface area contributed by atoms with Gasteiger partial charge in [-0.25, -0.2) is 0 Å². The molecule has 2 N–H and O–H groups in total. The van der Waals surface area contributed by atoms with Crippen LogP contribution in [-0.4, -0.2) is 21.7 Å². The molecule has 1 amide bonds. The Morgan fingerprint density at radius 3 is 2.80 bits per heavy atom. The van der Waals surface area contributed by atoms with Crippen LogP contribution in [0.4, 0.5) is 5.82 Å². The van der Waals surface area contributed by atoms with Gasteiger partial charge < -0.3 is 10.4 Å². The zero-order valence-corrected chi connectivity index (χ0v) is 9.51. The molecule has 80 valence electrons. The topological polar surface area (TPSA) is 68.3 Å². The molecule has 0 fully saturated rings. The number of nitrogens with zero attached hydrogens (tertiary/aromatic N) is 2. The number of fused-ring (bicyclic) bond motifs is 1. The minimum atomic E-state index is -0.170. The zero-order valence-electron chi connectivity index (χ0n) is 8.36. The molecule has 15 heavy (non-hydrogen) atoms. The second kappa shape index (κ2) is 3.35. The van der Waals surface area contributed by atoms with Gasteiger partial charge in [-0.3, -0.25) is 14.2 Å². The van der Waals surface area contributed by atoms with Gasteiger partial charge in [0.2, 0.25) is 0 Å². The van der Waals surface area contributed by atoms with Gasteiger partial charge in [0.1, 0.15) is 5.82 Å². The van der Waals surface area contributed by atoms with Gasteiger partial charge in [0.05, 0.1) is 5.56 Å². The summed E-state index contributed by atoms with van der Waals surface area (Å²) in [5.74, 6) is 0.101. The van der Waals surface area contributed by atoms with Crippen molar-refractivity contribution in [1.82, 2.24) is 9.24 Å². The van der Waals surface area contributed by atoms with Crippen LogP contribution in [0.15, 0.2) is 10.9 Å². The first-order valence-corrected chi connectivity index (χ1v) is 5.09. The van der Waals surface area contributed by atoms with E-state index in [-0.39, 0.29) is 17.3 Å². The van der Waals surface area contributed by atoms with Crippen LogP contribution in [0.2, 0.25) is 0 Å². The number of amides is 1. The van der Waals surface area contributed by atoms with Gasteiger partial charge in [0.25, 0.3) is 11.5 Å². The Morgan fingerprint density at radius 1 is 1.47 bits per heavy atom. The maximum absolute atomic E-state index is 11.8. The van der Waals surface area contributed by atoms with E-state index in [2.05, 4.69) is 9.39 Å². The predicted octanol–water partition coefficient (Wildman–Crippen LogP) is -0.244. The summed E-state index contributed by atoms with van der Waals surface area (Å²) in [4.78, 5) is 23.3. The number of nitrogen functional groups attached to an aromatic ring is 1. The van der Waals surface area contributed by atoms with Crippen molar-refractivity contribution in [2.75, 3.05) is 12.3 Å². The molecule has 0 bridgehead atoms. The molecule has 0 saturated heterocycles. The van der Waals surface area contributed by atoms with E-state index in [1.807, 2.05) is 0 Å². The van der Waals surface area contributed by atoms with Gasteiger partial charge in [0.15, 0.2) is 0 Å². The van der Waals surface area contributed by atoms with E-state index in [4.69, 9.17) is 5.73 Å². The fraction of sp³-hybridized carbons (Fsp3) is 0.333. The van der Waals surface area contributed by atoms with Gasteiger partial charge in [-0.05, 0) is 21.4 Å². The second-order valence-corrected chi connectivity index (χ2v) is 4.20. The molecular weight excluding hydrogens is 213 g/mol. The molecular formula is C9H12N3O2P. The van der Waals surface area contributed by atoms with E-state index < -0.39 is 0 Å². The summed E-state index contributed by atoms with van der Waals surface area (Å²) >= 11 is 0. The Labute approximate surface area is 89.1 Å². The third-order valence-corrected chi connectivity index (χ3v) is 3.16. The Hall–Kier alpha value is -1.35. The number of hydrogen-bond donors (Lipinski definition) is 1. The van der Waals surface area contributed by atoms with Gasteiger partial charge in [-0.15, -0.1) is 0 Å². The van der Waals surface area contributed by atoms with Crippen molar-refractivity contribution in [3.8, 4) is 0 Å². The Morgan fingerprint density at radius 2 is 2.13 bits per heavy atom. The molecule has 1 atom stereocenters. The largest absolute Gasteiger partial charge is 0.384 e. The number of aromatic nitrogens is 1. The molecule has 2 rings (SSSR count). The lowest BCUT2D eigenvalue weighted by molar-refractivity contribution is 0.0860. The summed E-state index contributed by atoms with van der Waals surface area (Å²) in [6, 6.07) is 1.49. The number of anilines is 1. The molecule has 1 aliphatic heterocycles. The monoisotopic (exact) mass is 225 g/mol. The Bertz CT molecular complexity index is 495. The molecule has 1 aliphatic rings. The summed E-state index contributed by atoms with van der Waals surface area (Å²) in [6.07, 6.45) is 0.671. The van der Waals surface area contributed by atoms with E-state index in [1.165, 1.54) is 15.3 Å². The molecule has 2 heterocycles. The quantitative estimate of drug-likeness (QED) is 0.619. The lowest BCUT2D eigenvalue weighted by Crippen LogP contribution is -2.34. The highest BCUT2D eigenvalue weighted by Crippen LogP contribution is 2.24. The summed E-state index contributed by atoms with van der Waals surface area (Å²) < 4.78 is 2.82. The fourth-order valence-electron chi connectivity index (χ4n) is 1.70. The van der Waals surface area contributed by atoms with Crippen molar-refractivity contribution >= 4 is 21.1 Å². The third kappa shape index (κ3) is 1.43. The van der Waals surface area contributed by atoms with E-state index in [1.54, 1.807) is 7.05 Å². The molecule has 1 aromatic heterocycles. The highest BCUT2D eigenvalue weighted by Gasteiger charge is 2.25. The van der Waals surface area contributed by atoms with Crippen LogP contribution in [0.3, 0.4) is 0 Å². The number of nitrogens with two attached hydrogens (primary N) is 1. The van der Waals surface area contributed by atoms with Crippen molar-refractivity contribution < 1.29 is 4.79 Å². The lowest BCUT2D eigenvalue weighted by Gasteiger charge is -2.25. The molecule has 0 saturated carbocycles. The average Bonchev–Trinajstić information content (AvgIpc) is 2.20. The van der Waals surface area contributed by atoms with Crippen LogP contribution < -0.4 is 11.3 Å². The van der Waals surface area contributed by atoms with Crippen molar-refractivity contribution in [2.24, 2.45) is 7.05 Å². The van der Waals surface area contributed by atoms with Crippen LogP contribution in [0, 0.1) is 0 Å². The molecule has 0 spiro atoms. The average molecular weight is 225 g/mol. The SMILES string of the molecule is Cn1c(N)c2c(cc1=O)CCN(P)C2=O. The Balaban J connectivity index is 2.73. The summed E-state index contributed by atoms with van der Waals surface area (Å²) in [6.45, 7) is 0.600. The number of carbonyl (C=O) groups is 1. The molecule has 0 aromatic carbocycles. The first kappa shape index (κ1) is 10.2. The molecule has 6 heteroatoms. The normalized spacial score (nSPS) is 15.3. The van der Waals surface area contributed by atoms with Crippen LogP contribution in [0.1, 0.15) is 15.9 Å². The number of carbonyl (C=O) groups excluding carboxylic acids is 1. The van der Waals surface area contributed by atoms with Crippen LogP contribution >= 0.6 is 9.39 Å². The summed E-state index contributed by atoms with van der Waals surface area (Å²) in [7, 11) is 3.92. The minimum absolute atomic E-state index is 0.144. The highest BCUT2D eigenvalue weighted by atomic mass is 31.0. The third-order valence-electron chi connectivity index (χ3n) is 2.66. The van der Waals surface area contributed by atoms with Gasteiger partial charge in [0, 0.05) is 19.7 Å². The van der Waals surface area contributed by atoms with Gasteiger partial charge >= 0.3 is 0 Å². The van der Waals surface area contributed by atoms with E-state index in [0.717, 1.165) is 5.56 Å². The summed E-state index contributed by atoms with van der Waals surface area (Å²) in [5, 5.41) is 0. The zero-order chi connectivity index (χ0) is 11.2. The molecule has 0 radical (unpaired) electrons. The van der Waals surface area contributed by atoms with Crippen molar-refractivity contribution in [3.05, 3.63) is 27.5 Å². The van der Waals surface area contributed by atoms with E-state index in [9.17, 15) is 9.59 Å². The lowest BCUT2D eigenvalue weighted by atomic mass is 10.0. The van der Waals surface area contributed by atoms with Crippen molar-refractivity contribution in [3.63, 3.8) is 0 Å². The van der Waals surface area contributed by atoms with E-state index >= 15 is 0 Å². The molecule has 1 unspecified atom stereocenters. The highest BCUT2D eigenvalue weighted by molar-refractivity contribution is 7.14. The second-order valence-electron chi connectivity index (χ2n) is 3.58. The fourth-order valence-corrected chi connectivity index (χ4v) is 1.96. The number of pyridine rings is 1. The van der Waals surface area contributed by atoms with Gasteiger partial charge in [-0.1, -0.05) is 0 Å². The van der Waals surface area contributed by atoms with Crippen LogP contribution in [-0.2, 0) is 13.5 Å². The van der Waals surface area contributed by atoms with Crippen molar-refractivity contribution in [1.29, 1.82) is 0 Å². The number of hydrogen-bond acceptors (Lipinski definition) is 3. The predicted molar refractivity (Wildman–Crippen MR) is 60.5 cm³/mol. The first-order chi connectivity index (χ1) is 7.02. The smallest absolute Gasteiger partial charge is 0.260 e. The first-order valence-electron chi connectivity index (χ1n) is 4.57. The standard InChI is InChI=1S/C9H12N3O2P/c1-11-6(13)4-5-2-3-12(15)9(14)7(5)8(11)10/h4H,2-3,10,15H2,1H3. The summed E-state index contributed by atoms with van der Waals surface area (Å²) in [5.41, 5.74) is 6.80. The minimum Gasteiger partial charge on any atom is -0.384 e. The molecule has 1 aromatic rings. The van der Waals surface area contributed by atoms with Crippen molar-refractivity contribution in [2.45, 2.75) is 6.42 Å². The van der Waals surface area contributed by atoms with E-state index in [0.29, 0.717) is 18.5 Å². The maximum atomic E-state index is 11.8. The molecule has 0 aliphatic carbocycles. The number of rotatable bonds is 0. The molecule has 5 nitrogen and oxygen atoms in total. The van der Waals surface area contributed by atoms with Crippen LogP contribution in [0.5, 0.6) is 0 Å². The maximum Gasteiger partial charge on any atom is 0.260 e.